The van der Waals surface area contributed by atoms with Gasteiger partial charge in [0, 0.05) is 50.8 Å². The number of fused-ring (bicyclic) bond motifs is 2. The second-order valence-electron chi connectivity index (χ2n) is 9.33. The average molecular weight is 351 g/mol. The van der Waals surface area contributed by atoms with E-state index in [0.717, 1.165) is 50.7 Å². The Morgan fingerprint density at radius 1 is 1.08 bits per heavy atom. The van der Waals surface area contributed by atoms with Gasteiger partial charge in [-0.25, -0.2) is 4.79 Å². The van der Waals surface area contributed by atoms with Crippen LogP contribution in [-0.4, -0.2) is 90.3 Å². The molecule has 6 nitrogen and oxygen atoms in total. The first-order chi connectivity index (χ1) is 11.9. The van der Waals surface area contributed by atoms with E-state index >= 15 is 0 Å². The van der Waals surface area contributed by atoms with Gasteiger partial charge in [0.2, 0.25) is 0 Å². The van der Waals surface area contributed by atoms with Crippen molar-refractivity contribution in [3.05, 3.63) is 0 Å². The highest BCUT2D eigenvalue weighted by Crippen LogP contribution is 2.38. The Kier molecular flexibility index (Phi) is 4.71. The molecular weight excluding hydrogens is 316 g/mol. The van der Waals surface area contributed by atoms with Gasteiger partial charge in [-0.3, -0.25) is 9.80 Å². The van der Waals surface area contributed by atoms with Crippen LogP contribution in [0.2, 0.25) is 0 Å². The summed E-state index contributed by atoms with van der Waals surface area (Å²) in [5, 5.41) is 3.95. The third kappa shape index (κ3) is 3.81. The number of carbonyl (C=O) groups is 1. The van der Waals surface area contributed by atoms with Crippen LogP contribution in [0.3, 0.4) is 0 Å². The van der Waals surface area contributed by atoms with E-state index in [4.69, 9.17) is 4.74 Å². The SMILES string of the molecule is CC(C)(C)OC(=O)N1CCN(CC2CC3C(N2)C2CCN3CC2)CC1. The molecular formula is C19H34N4O2. The third-order valence-corrected chi connectivity index (χ3v) is 6.42. The fourth-order valence-electron chi connectivity index (χ4n) is 5.20. The minimum atomic E-state index is -0.410. The zero-order valence-electron chi connectivity index (χ0n) is 16.0. The lowest BCUT2D eigenvalue weighted by Gasteiger charge is -2.48. The van der Waals surface area contributed by atoms with Gasteiger partial charge in [0.15, 0.2) is 0 Å². The van der Waals surface area contributed by atoms with Crippen molar-refractivity contribution < 1.29 is 9.53 Å². The lowest BCUT2D eigenvalue weighted by atomic mass is 9.79. The largest absolute Gasteiger partial charge is 0.444 e. The third-order valence-electron chi connectivity index (χ3n) is 6.42. The maximum absolute atomic E-state index is 12.2. The Balaban J connectivity index is 1.24. The van der Waals surface area contributed by atoms with Gasteiger partial charge in [0.1, 0.15) is 5.60 Å². The van der Waals surface area contributed by atoms with Crippen LogP contribution in [0.1, 0.15) is 40.0 Å². The predicted molar refractivity (Wildman–Crippen MR) is 97.7 cm³/mol. The molecule has 3 atom stereocenters. The number of amides is 1. The monoisotopic (exact) mass is 350 g/mol. The summed E-state index contributed by atoms with van der Waals surface area (Å²) in [5.74, 6) is 0.906. The quantitative estimate of drug-likeness (QED) is 0.815. The molecule has 1 N–H and O–H groups in total. The Morgan fingerprint density at radius 2 is 1.76 bits per heavy atom. The second-order valence-corrected chi connectivity index (χ2v) is 9.33. The number of rotatable bonds is 2. The molecule has 0 radical (unpaired) electrons. The second kappa shape index (κ2) is 6.71. The highest BCUT2D eigenvalue weighted by molar-refractivity contribution is 5.68. The predicted octanol–water partition coefficient (Wildman–Crippen LogP) is 1.36. The number of hydrogen-bond donors (Lipinski definition) is 1. The first kappa shape index (κ1) is 17.6. The van der Waals surface area contributed by atoms with Gasteiger partial charge >= 0.3 is 6.09 Å². The number of nitrogens with one attached hydrogen (secondary N) is 1. The molecule has 5 fully saturated rings. The van der Waals surface area contributed by atoms with Crippen LogP contribution >= 0.6 is 0 Å². The van der Waals surface area contributed by atoms with Gasteiger partial charge in [-0.1, -0.05) is 0 Å². The van der Waals surface area contributed by atoms with Crippen LogP contribution < -0.4 is 5.32 Å². The lowest BCUT2D eigenvalue weighted by Crippen LogP contribution is -2.58. The summed E-state index contributed by atoms with van der Waals surface area (Å²) < 4.78 is 5.49. The maximum atomic E-state index is 12.2. The molecule has 5 aliphatic rings. The molecule has 1 amide bonds. The highest BCUT2D eigenvalue weighted by Gasteiger charge is 2.47. The van der Waals surface area contributed by atoms with Crippen molar-refractivity contribution in [3.63, 3.8) is 0 Å². The normalized spacial score (nSPS) is 38.7. The van der Waals surface area contributed by atoms with Gasteiger partial charge in [-0.05, 0) is 59.0 Å². The minimum absolute atomic E-state index is 0.165. The molecule has 6 heteroatoms. The molecule has 2 bridgehead atoms. The summed E-state index contributed by atoms with van der Waals surface area (Å²) in [6.07, 6.45) is 3.90. The fourth-order valence-corrected chi connectivity index (χ4v) is 5.20. The molecule has 5 heterocycles. The van der Waals surface area contributed by atoms with E-state index in [2.05, 4.69) is 15.1 Å². The molecule has 5 rings (SSSR count). The number of hydrogen-bond acceptors (Lipinski definition) is 5. The maximum Gasteiger partial charge on any atom is 0.410 e. The minimum Gasteiger partial charge on any atom is -0.444 e. The zero-order chi connectivity index (χ0) is 17.6. The van der Waals surface area contributed by atoms with Gasteiger partial charge in [-0.15, -0.1) is 0 Å². The van der Waals surface area contributed by atoms with Gasteiger partial charge in [0.05, 0.1) is 0 Å². The van der Waals surface area contributed by atoms with Crippen LogP contribution in [0.25, 0.3) is 0 Å². The number of ether oxygens (including phenoxy) is 1. The van der Waals surface area contributed by atoms with Crippen LogP contribution in [0.4, 0.5) is 4.79 Å². The molecule has 0 aliphatic carbocycles. The summed E-state index contributed by atoms with van der Waals surface area (Å²) in [7, 11) is 0. The Morgan fingerprint density at radius 3 is 2.36 bits per heavy atom. The van der Waals surface area contributed by atoms with Crippen LogP contribution in [0.5, 0.6) is 0 Å². The van der Waals surface area contributed by atoms with Crippen molar-refractivity contribution in [1.29, 1.82) is 0 Å². The smallest absolute Gasteiger partial charge is 0.410 e. The van der Waals surface area contributed by atoms with Crippen LogP contribution in [-0.2, 0) is 4.74 Å². The molecule has 3 unspecified atom stereocenters. The molecule has 142 valence electrons. The molecule has 0 aromatic rings. The van der Waals surface area contributed by atoms with E-state index in [1.54, 1.807) is 0 Å². The van der Waals surface area contributed by atoms with Crippen molar-refractivity contribution in [2.45, 2.75) is 63.8 Å². The van der Waals surface area contributed by atoms with Crippen LogP contribution in [0.15, 0.2) is 0 Å². The summed E-state index contributed by atoms with van der Waals surface area (Å²) in [6, 6.07) is 2.13. The molecule has 5 aliphatic heterocycles. The molecule has 0 aromatic heterocycles. The lowest BCUT2D eigenvalue weighted by molar-refractivity contribution is 0.0139. The molecule has 5 saturated heterocycles. The summed E-state index contributed by atoms with van der Waals surface area (Å²) in [6.45, 7) is 13.0. The average Bonchev–Trinajstić information content (AvgIpc) is 3.00. The summed E-state index contributed by atoms with van der Waals surface area (Å²) in [4.78, 5) is 19.3. The Bertz CT molecular complexity index is 470. The highest BCUT2D eigenvalue weighted by atomic mass is 16.6. The van der Waals surface area contributed by atoms with Gasteiger partial charge < -0.3 is 15.0 Å². The van der Waals surface area contributed by atoms with Crippen molar-refractivity contribution in [1.82, 2.24) is 20.0 Å². The first-order valence-electron chi connectivity index (χ1n) is 10.1. The van der Waals surface area contributed by atoms with Crippen LogP contribution in [0, 0.1) is 5.92 Å². The van der Waals surface area contributed by atoms with Gasteiger partial charge in [0.25, 0.3) is 0 Å². The van der Waals surface area contributed by atoms with Crippen molar-refractivity contribution in [3.8, 4) is 0 Å². The number of nitrogens with zero attached hydrogens (tertiary/aromatic N) is 3. The number of piperazine rings is 1. The van der Waals surface area contributed by atoms with E-state index in [1.165, 1.54) is 32.4 Å². The van der Waals surface area contributed by atoms with Crippen molar-refractivity contribution >= 4 is 6.09 Å². The van der Waals surface area contributed by atoms with E-state index in [1.807, 2.05) is 25.7 Å². The molecule has 0 spiro atoms. The molecule has 25 heavy (non-hydrogen) atoms. The Labute approximate surface area is 151 Å². The topological polar surface area (TPSA) is 48.1 Å². The Hall–Kier alpha value is -0.850. The molecule has 0 saturated carbocycles. The zero-order valence-corrected chi connectivity index (χ0v) is 16.0. The van der Waals surface area contributed by atoms with Gasteiger partial charge in [-0.2, -0.15) is 0 Å². The van der Waals surface area contributed by atoms with E-state index in [9.17, 15) is 4.79 Å². The number of piperidine rings is 3. The van der Waals surface area contributed by atoms with E-state index in [0.29, 0.717) is 6.04 Å². The summed E-state index contributed by atoms with van der Waals surface area (Å²) >= 11 is 0. The van der Waals surface area contributed by atoms with E-state index in [-0.39, 0.29) is 6.09 Å². The van der Waals surface area contributed by atoms with Crippen molar-refractivity contribution in [2.24, 2.45) is 5.92 Å². The first-order valence-corrected chi connectivity index (χ1v) is 10.1. The fraction of sp³-hybridized carbons (Fsp3) is 0.947. The number of carbonyl (C=O) groups excluding carboxylic acids is 1. The standard InChI is InChI=1S/C19H34N4O2/c1-19(2,3)25-18(24)23-10-8-21(9-11-23)13-15-12-16-17(20-15)14-4-6-22(16)7-5-14/h14-17,20H,4-13H2,1-3H3. The molecule has 0 aromatic carbocycles. The van der Waals surface area contributed by atoms with E-state index < -0.39 is 5.60 Å². The van der Waals surface area contributed by atoms with Crippen molar-refractivity contribution in [2.75, 3.05) is 45.8 Å². The summed E-state index contributed by atoms with van der Waals surface area (Å²) in [5.41, 5.74) is -0.410.